The van der Waals surface area contributed by atoms with E-state index in [1.165, 1.54) is 0 Å². The Kier molecular flexibility index (Phi) is 6.06. The molecule has 23 heavy (non-hydrogen) atoms. The first-order valence-corrected chi connectivity index (χ1v) is 7.52. The lowest BCUT2D eigenvalue weighted by Crippen LogP contribution is -2.37. The van der Waals surface area contributed by atoms with Gasteiger partial charge < -0.3 is 9.30 Å². The molecule has 9 heteroatoms. The van der Waals surface area contributed by atoms with Crippen LogP contribution >= 0.6 is 12.2 Å². The number of isothiocyanates is 1. The van der Waals surface area contributed by atoms with Gasteiger partial charge in [0.25, 0.3) is 5.56 Å². The fraction of sp³-hybridized carbons (Fsp3) is 0.571. The van der Waals surface area contributed by atoms with Crippen molar-refractivity contribution in [2.45, 2.75) is 19.1 Å². The second-order valence-electron chi connectivity index (χ2n) is 5.12. The number of pyridine rings is 1. The second-order valence-corrected chi connectivity index (χ2v) is 5.30. The number of aliphatic imine (C=N–C) groups is 1. The molecule has 0 spiro atoms. The van der Waals surface area contributed by atoms with Gasteiger partial charge in [0.05, 0.1) is 23.9 Å². The first kappa shape index (κ1) is 17.8. The van der Waals surface area contributed by atoms with Crippen molar-refractivity contribution in [1.82, 2.24) is 9.47 Å². The van der Waals surface area contributed by atoms with E-state index in [0.29, 0.717) is 32.2 Å². The van der Waals surface area contributed by atoms with E-state index in [4.69, 9.17) is 4.74 Å². The van der Waals surface area contributed by atoms with E-state index >= 15 is 0 Å². The third kappa shape index (κ3) is 4.97. The van der Waals surface area contributed by atoms with Gasteiger partial charge in [-0.15, -0.1) is 0 Å². The maximum Gasteiger partial charge on any atom is 0.417 e. The summed E-state index contributed by atoms with van der Waals surface area (Å²) < 4.78 is 45.0. The lowest BCUT2D eigenvalue weighted by molar-refractivity contribution is -0.138. The van der Waals surface area contributed by atoms with Gasteiger partial charge in [-0.2, -0.15) is 18.2 Å². The minimum Gasteiger partial charge on any atom is -0.379 e. The number of alkyl halides is 3. The molecule has 5 nitrogen and oxygen atoms in total. The zero-order chi connectivity index (χ0) is 16.9. The number of ether oxygens (including phenoxy) is 1. The van der Waals surface area contributed by atoms with E-state index in [-0.39, 0.29) is 12.2 Å². The van der Waals surface area contributed by atoms with Gasteiger partial charge in [-0.05, 0) is 24.7 Å². The first-order valence-electron chi connectivity index (χ1n) is 7.11. The van der Waals surface area contributed by atoms with Gasteiger partial charge in [0.1, 0.15) is 5.69 Å². The van der Waals surface area contributed by atoms with E-state index < -0.39 is 17.3 Å². The van der Waals surface area contributed by atoms with Crippen LogP contribution in [-0.4, -0.2) is 47.5 Å². The molecule has 1 aliphatic rings. The number of halogens is 3. The fourth-order valence-electron chi connectivity index (χ4n) is 2.36. The highest BCUT2D eigenvalue weighted by Gasteiger charge is 2.32. The van der Waals surface area contributed by atoms with Crippen molar-refractivity contribution in [1.29, 1.82) is 0 Å². The van der Waals surface area contributed by atoms with Crippen LogP contribution in [0.15, 0.2) is 22.1 Å². The molecule has 1 aliphatic heterocycles. The van der Waals surface area contributed by atoms with Crippen molar-refractivity contribution in [2.24, 2.45) is 4.99 Å². The maximum absolute atomic E-state index is 12.9. The molecule has 126 valence electrons. The van der Waals surface area contributed by atoms with Crippen LogP contribution in [0.2, 0.25) is 0 Å². The smallest absolute Gasteiger partial charge is 0.379 e. The summed E-state index contributed by atoms with van der Waals surface area (Å²) in [6, 6.07) is 0.695. The quantitative estimate of drug-likeness (QED) is 0.606. The summed E-state index contributed by atoms with van der Waals surface area (Å²) in [5.74, 6) is 0. The third-order valence-electron chi connectivity index (χ3n) is 3.54. The molecule has 1 saturated heterocycles. The normalized spacial score (nSPS) is 16.1. The first-order chi connectivity index (χ1) is 10.9. The third-order valence-corrected chi connectivity index (χ3v) is 3.63. The van der Waals surface area contributed by atoms with Gasteiger partial charge in [-0.3, -0.25) is 9.69 Å². The molecule has 0 amide bonds. The van der Waals surface area contributed by atoms with Crippen LogP contribution in [0.25, 0.3) is 0 Å². The zero-order valence-corrected chi connectivity index (χ0v) is 13.1. The van der Waals surface area contributed by atoms with Crippen LogP contribution in [0.5, 0.6) is 0 Å². The molecule has 2 rings (SSSR count). The summed E-state index contributed by atoms with van der Waals surface area (Å²) in [7, 11) is 0. The SMILES string of the molecule is O=c1c(N=C=S)cc(C(F)(F)F)cn1CCCN1CCOCC1. The van der Waals surface area contributed by atoms with Crippen LogP contribution in [0, 0.1) is 0 Å². The average Bonchev–Trinajstić information content (AvgIpc) is 2.51. The van der Waals surface area contributed by atoms with Gasteiger partial charge in [-0.25, -0.2) is 0 Å². The van der Waals surface area contributed by atoms with Crippen molar-refractivity contribution < 1.29 is 17.9 Å². The molecule has 0 saturated carbocycles. The van der Waals surface area contributed by atoms with E-state index in [1.54, 1.807) is 0 Å². The van der Waals surface area contributed by atoms with Crippen LogP contribution in [0.3, 0.4) is 0 Å². The van der Waals surface area contributed by atoms with Crippen molar-refractivity contribution in [3.05, 3.63) is 28.2 Å². The molecule has 1 aromatic rings. The van der Waals surface area contributed by atoms with Crippen molar-refractivity contribution in [3.8, 4) is 0 Å². The van der Waals surface area contributed by atoms with Crippen LogP contribution in [-0.2, 0) is 17.5 Å². The average molecular weight is 347 g/mol. The standard InChI is InChI=1S/C14H16F3N3O2S/c15-14(16,17)11-8-12(18-10-23)13(21)20(9-11)3-1-2-19-4-6-22-7-5-19/h8-9H,1-7H2. The Morgan fingerprint density at radius 1 is 1.30 bits per heavy atom. The second kappa shape index (κ2) is 7.83. The highest BCUT2D eigenvalue weighted by Crippen LogP contribution is 2.30. The lowest BCUT2D eigenvalue weighted by atomic mass is 10.2. The van der Waals surface area contributed by atoms with Gasteiger partial charge in [0, 0.05) is 32.4 Å². The summed E-state index contributed by atoms with van der Waals surface area (Å²) in [6.07, 6.45) is -3.17. The fourth-order valence-corrected chi connectivity index (χ4v) is 2.46. The lowest BCUT2D eigenvalue weighted by Gasteiger charge is -2.26. The monoisotopic (exact) mass is 347 g/mol. The highest BCUT2D eigenvalue weighted by molar-refractivity contribution is 7.78. The Morgan fingerprint density at radius 3 is 2.61 bits per heavy atom. The molecule has 2 heterocycles. The zero-order valence-electron chi connectivity index (χ0n) is 12.3. The van der Waals surface area contributed by atoms with Gasteiger partial charge >= 0.3 is 6.18 Å². The van der Waals surface area contributed by atoms with Crippen LogP contribution in [0.4, 0.5) is 18.9 Å². The van der Waals surface area contributed by atoms with E-state index in [9.17, 15) is 18.0 Å². The van der Waals surface area contributed by atoms with Gasteiger partial charge in [0.15, 0.2) is 0 Å². The molecular weight excluding hydrogens is 331 g/mol. The largest absolute Gasteiger partial charge is 0.417 e. The molecule has 1 fully saturated rings. The van der Waals surface area contributed by atoms with Crippen molar-refractivity contribution in [2.75, 3.05) is 32.8 Å². The molecule has 0 aliphatic carbocycles. The summed E-state index contributed by atoms with van der Waals surface area (Å²) >= 11 is 4.38. The minimum absolute atomic E-state index is 0.181. The predicted octanol–water partition coefficient (Wildman–Crippen LogP) is 2.32. The number of aryl methyl sites for hydroxylation is 1. The van der Waals surface area contributed by atoms with Gasteiger partial charge in [0.2, 0.25) is 0 Å². The minimum atomic E-state index is -4.55. The topological polar surface area (TPSA) is 46.8 Å². The molecular formula is C14H16F3N3O2S. The van der Waals surface area contributed by atoms with E-state index in [1.807, 2.05) is 5.16 Å². The van der Waals surface area contributed by atoms with E-state index in [2.05, 4.69) is 22.1 Å². The van der Waals surface area contributed by atoms with Crippen LogP contribution in [0.1, 0.15) is 12.0 Å². The Bertz CT molecular complexity index is 648. The van der Waals surface area contributed by atoms with Crippen molar-refractivity contribution in [3.63, 3.8) is 0 Å². The summed E-state index contributed by atoms with van der Waals surface area (Å²) in [5, 5.41) is 1.94. The van der Waals surface area contributed by atoms with Crippen LogP contribution < -0.4 is 5.56 Å². The number of hydrogen-bond donors (Lipinski definition) is 0. The molecule has 0 bridgehead atoms. The molecule has 0 atom stereocenters. The number of aromatic nitrogens is 1. The molecule has 0 aromatic carbocycles. The maximum atomic E-state index is 12.9. The Labute approximate surface area is 136 Å². The summed E-state index contributed by atoms with van der Waals surface area (Å²) in [6.45, 7) is 3.75. The summed E-state index contributed by atoms with van der Waals surface area (Å²) in [5.41, 5.74) is -1.87. The highest BCUT2D eigenvalue weighted by atomic mass is 32.1. The Hall–Kier alpha value is -1.54. The Balaban J connectivity index is 2.14. The number of nitrogens with zero attached hydrogens (tertiary/aromatic N) is 3. The number of hydrogen-bond acceptors (Lipinski definition) is 5. The number of morpholine rings is 1. The predicted molar refractivity (Wildman–Crippen MR) is 82.3 cm³/mol. The summed E-state index contributed by atoms with van der Waals surface area (Å²) in [4.78, 5) is 17.7. The molecule has 0 unspecified atom stereocenters. The molecule has 0 N–H and O–H groups in total. The number of rotatable bonds is 5. The van der Waals surface area contributed by atoms with E-state index in [0.717, 1.165) is 23.9 Å². The van der Waals surface area contributed by atoms with Crippen molar-refractivity contribution >= 4 is 23.1 Å². The number of thiocarbonyl (C=S) groups is 1. The molecule has 1 aromatic heterocycles. The Morgan fingerprint density at radius 2 is 2.00 bits per heavy atom. The van der Waals surface area contributed by atoms with Gasteiger partial charge in [-0.1, -0.05) is 0 Å². The molecule has 0 radical (unpaired) electrons.